The molecule has 7 atom stereocenters. The molecule has 0 spiro atoms. The van der Waals surface area contributed by atoms with Gasteiger partial charge in [-0.05, 0) is 106 Å². The molecule has 1 amide bonds. The van der Waals surface area contributed by atoms with Crippen molar-refractivity contribution in [2.45, 2.75) is 87.6 Å². The molecule has 12 heteroatoms. The molecule has 3 aromatic rings. The number of ether oxygens (including phenoxy) is 1. The average Bonchev–Trinajstić information content (AvgIpc) is 3.01. The second-order valence-electron chi connectivity index (χ2n) is 12.8. The van der Waals surface area contributed by atoms with Gasteiger partial charge in [0.15, 0.2) is 0 Å². The van der Waals surface area contributed by atoms with Crippen LogP contribution in [0.5, 0.6) is 0 Å². The van der Waals surface area contributed by atoms with Crippen LogP contribution in [0.15, 0.2) is 71.6 Å². The Morgan fingerprint density at radius 3 is 2.21 bits per heavy atom. The molecule has 47 heavy (non-hydrogen) atoms. The molecule has 0 bridgehead atoms. The Balaban J connectivity index is 1.36. The number of amides is 1. The first kappa shape index (κ1) is 35.0. The van der Waals surface area contributed by atoms with Crippen LogP contribution in [0.1, 0.15) is 57.1 Å². The molecule has 3 aromatic carbocycles. The number of benzene rings is 3. The Hall–Kier alpha value is -3.29. The van der Waals surface area contributed by atoms with E-state index in [1.807, 2.05) is 13.8 Å². The zero-order valence-electron chi connectivity index (χ0n) is 26.8. The number of halogens is 3. The second-order valence-corrected chi connectivity index (χ2v) is 14.7. The van der Waals surface area contributed by atoms with E-state index >= 15 is 4.39 Å². The molecule has 0 aromatic heterocycles. The van der Waals surface area contributed by atoms with Gasteiger partial charge in [-0.3, -0.25) is 4.79 Å². The van der Waals surface area contributed by atoms with Crippen LogP contribution in [-0.2, 0) is 26.0 Å². The van der Waals surface area contributed by atoms with E-state index in [1.165, 1.54) is 40.7 Å². The van der Waals surface area contributed by atoms with Crippen molar-refractivity contribution >= 4 is 21.6 Å². The lowest BCUT2D eigenvalue weighted by atomic mass is 9.74. The number of piperazine rings is 1. The predicted octanol–water partition coefficient (Wildman–Crippen LogP) is 5.34. The summed E-state index contributed by atoms with van der Waals surface area (Å²) >= 11 is 0. The molecule has 0 saturated carbocycles. The van der Waals surface area contributed by atoms with Gasteiger partial charge in [0, 0.05) is 42.3 Å². The topological polar surface area (TPSA) is 114 Å². The summed E-state index contributed by atoms with van der Waals surface area (Å²) in [5.41, 5.74) is 7.90. The van der Waals surface area contributed by atoms with Gasteiger partial charge in [0.05, 0.1) is 23.1 Å². The van der Waals surface area contributed by atoms with E-state index in [-0.39, 0.29) is 47.1 Å². The molecule has 0 radical (unpaired) electrons. The molecule has 254 valence electrons. The molecule has 2 aliphatic rings. The molecule has 2 saturated heterocycles. The standard InChI is InChI=1S/C35H43F3N4O4S/c1-21-19-40-20-28(42(21)47(44,45)29-14-11-27(37)12-15-29)13-16-30-31(38)5-4-6-32(30)41-35(43)34(39)33(24-7-9-26(36)10-8-24)25-17-22(2)46-23(3)18-25/h4-12,14-15,21-23,25,28,33-34,40H,13,16-20,39H2,1-3H3,(H,41,43)/t21-,22-,23+,25+,28-,33-,34-/m0/s1. The molecule has 8 nitrogen and oxygen atoms in total. The summed E-state index contributed by atoms with van der Waals surface area (Å²) in [4.78, 5) is 13.8. The second kappa shape index (κ2) is 14.9. The van der Waals surface area contributed by atoms with E-state index in [2.05, 4.69) is 10.6 Å². The lowest BCUT2D eigenvalue weighted by Gasteiger charge is -2.40. The zero-order valence-corrected chi connectivity index (χ0v) is 27.7. The SMILES string of the molecule is C[C@@H]1C[C@H]([C@H](c2ccc(F)cc2)[C@H](N)C(=O)Nc2cccc(F)c2CC[C@H]2CNC[C@H](C)N2S(=O)(=O)c2ccc(F)cc2)C[C@H](C)O1. The molecule has 2 fully saturated rings. The quantitative estimate of drug-likeness (QED) is 0.268. The third-order valence-electron chi connectivity index (χ3n) is 9.29. The summed E-state index contributed by atoms with van der Waals surface area (Å²) in [6.07, 6.45) is 1.64. The summed E-state index contributed by atoms with van der Waals surface area (Å²) in [5.74, 6) is -2.43. The number of hydrogen-bond donors (Lipinski definition) is 3. The van der Waals surface area contributed by atoms with Gasteiger partial charge in [-0.15, -0.1) is 0 Å². The van der Waals surface area contributed by atoms with Crippen LogP contribution in [0.25, 0.3) is 0 Å². The van der Waals surface area contributed by atoms with Gasteiger partial charge in [0.2, 0.25) is 15.9 Å². The number of nitrogens with one attached hydrogen (secondary N) is 2. The van der Waals surface area contributed by atoms with Gasteiger partial charge in [-0.1, -0.05) is 18.2 Å². The van der Waals surface area contributed by atoms with Gasteiger partial charge in [-0.2, -0.15) is 4.31 Å². The number of carbonyl (C=O) groups excluding carboxylic acids is 1. The molecule has 4 N–H and O–H groups in total. The summed E-state index contributed by atoms with van der Waals surface area (Å²) in [7, 11) is -3.98. The molecule has 2 aliphatic heterocycles. The normalized spacial score (nSPS) is 25.2. The number of carbonyl (C=O) groups is 1. The Bertz CT molecular complexity index is 1630. The van der Waals surface area contributed by atoms with Crippen molar-refractivity contribution in [3.8, 4) is 0 Å². The van der Waals surface area contributed by atoms with Crippen molar-refractivity contribution in [3.05, 3.63) is 95.3 Å². The maximum atomic E-state index is 15.4. The summed E-state index contributed by atoms with van der Waals surface area (Å²) < 4.78 is 77.4. The van der Waals surface area contributed by atoms with Gasteiger partial charge < -0.3 is 21.1 Å². The first-order valence-corrected chi connectivity index (χ1v) is 17.5. The fourth-order valence-electron chi connectivity index (χ4n) is 7.22. The fourth-order valence-corrected chi connectivity index (χ4v) is 9.06. The molecule has 5 rings (SSSR count). The van der Waals surface area contributed by atoms with E-state index < -0.39 is 57.4 Å². The number of nitrogens with zero attached hydrogens (tertiary/aromatic N) is 1. The van der Waals surface area contributed by atoms with E-state index in [4.69, 9.17) is 10.5 Å². The minimum absolute atomic E-state index is 0.0122. The Morgan fingerprint density at radius 1 is 0.957 bits per heavy atom. The highest BCUT2D eigenvalue weighted by molar-refractivity contribution is 7.89. The number of anilines is 1. The van der Waals surface area contributed by atoms with E-state index in [1.54, 1.807) is 25.1 Å². The Morgan fingerprint density at radius 2 is 1.57 bits per heavy atom. The number of rotatable bonds is 10. The Labute approximate surface area is 274 Å². The van der Waals surface area contributed by atoms with Crippen LogP contribution in [0.3, 0.4) is 0 Å². The lowest BCUT2D eigenvalue weighted by molar-refractivity contribution is -0.119. The van der Waals surface area contributed by atoms with Crippen LogP contribution in [-0.4, -0.2) is 62.1 Å². The van der Waals surface area contributed by atoms with Crippen molar-refractivity contribution in [2.24, 2.45) is 11.7 Å². The monoisotopic (exact) mass is 672 g/mol. The maximum absolute atomic E-state index is 15.4. The van der Waals surface area contributed by atoms with Crippen LogP contribution < -0.4 is 16.4 Å². The van der Waals surface area contributed by atoms with Crippen molar-refractivity contribution in [1.82, 2.24) is 9.62 Å². The van der Waals surface area contributed by atoms with Crippen LogP contribution in [0.4, 0.5) is 18.9 Å². The molecule has 0 aliphatic carbocycles. The number of sulfonamides is 1. The molecular formula is C35H43F3N4O4S. The first-order valence-electron chi connectivity index (χ1n) is 16.1. The van der Waals surface area contributed by atoms with E-state index in [0.717, 1.165) is 17.7 Å². The summed E-state index contributed by atoms with van der Waals surface area (Å²) in [6.45, 7) is 6.50. The van der Waals surface area contributed by atoms with Crippen LogP contribution >= 0.6 is 0 Å². The minimum atomic E-state index is -3.98. The van der Waals surface area contributed by atoms with Crippen molar-refractivity contribution in [1.29, 1.82) is 0 Å². The largest absolute Gasteiger partial charge is 0.376 e. The number of nitrogens with two attached hydrogens (primary N) is 1. The number of hydrogen-bond acceptors (Lipinski definition) is 6. The molecule has 0 unspecified atom stereocenters. The van der Waals surface area contributed by atoms with Gasteiger partial charge in [0.25, 0.3) is 0 Å². The van der Waals surface area contributed by atoms with Gasteiger partial charge in [-0.25, -0.2) is 21.6 Å². The van der Waals surface area contributed by atoms with Gasteiger partial charge >= 0.3 is 0 Å². The smallest absolute Gasteiger partial charge is 0.243 e. The van der Waals surface area contributed by atoms with E-state index in [0.29, 0.717) is 25.9 Å². The highest BCUT2D eigenvalue weighted by atomic mass is 32.2. The van der Waals surface area contributed by atoms with Crippen molar-refractivity contribution in [2.75, 3.05) is 18.4 Å². The lowest BCUT2D eigenvalue weighted by Crippen LogP contribution is -2.58. The van der Waals surface area contributed by atoms with Crippen LogP contribution in [0, 0.1) is 23.4 Å². The minimum Gasteiger partial charge on any atom is -0.376 e. The molecule has 2 heterocycles. The predicted molar refractivity (Wildman–Crippen MR) is 175 cm³/mol. The molecular weight excluding hydrogens is 629 g/mol. The highest BCUT2D eigenvalue weighted by Crippen LogP contribution is 2.39. The third kappa shape index (κ3) is 8.06. The Kier molecular flexibility index (Phi) is 11.1. The van der Waals surface area contributed by atoms with Crippen molar-refractivity contribution < 1.29 is 31.1 Å². The third-order valence-corrected chi connectivity index (χ3v) is 11.4. The van der Waals surface area contributed by atoms with Gasteiger partial charge in [0.1, 0.15) is 17.5 Å². The first-order chi connectivity index (χ1) is 22.3. The zero-order chi connectivity index (χ0) is 33.9. The van der Waals surface area contributed by atoms with E-state index in [9.17, 15) is 22.0 Å². The maximum Gasteiger partial charge on any atom is 0.243 e. The summed E-state index contributed by atoms with van der Waals surface area (Å²) in [5, 5.41) is 6.10. The van der Waals surface area contributed by atoms with Crippen LogP contribution in [0.2, 0.25) is 0 Å². The fraction of sp³-hybridized carbons (Fsp3) is 0.457. The average molecular weight is 673 g/mol. The summed E-state index contributed by atoms with van der Waals surface area (Å²) in [6, 6.07) is 13.1. The van der Waals surface area contributed by atoms with Crippen molar-refractivity contribution in [3.63, 3.8) is 0 Å². The highest BCUT2D eigenvalue weighted by Gasteiger charge is 2.39.